The van der Waals surface area contributed by atoms with Gasteiger partial charge in [-0.15, -0.1) is 0 Å². The molecule has 4 fully saturated rings. The van der Waals surface area contributed by atoms with E-state index in [1.807, 2.05) is 0 Å². The molecule has 0 amide bonds. The SMILES string of the molecule is CO[C@@H]1C(C)[C@@H](O[C@H]2C(CO)O[C@H](OC3C(O)[C@H](C(C)(C)C)OC(CO)[C@@H]3OC(C)=O)C(O)C2O)OC(CO[C@@H]2OC(CO)[C@@H](OC(C)(C)C)C(O)C2O)[C@H]1OP(=O)([O-])OCC(O)CO. The third-order valence-electron chi connectivity index (χ3n) is 11.2. The Morgan fingerprint density at radius 3 is 1.75 bits per heavy atom. The van der Waals surface area contributed by atoms with E-state index in [0.717, 1.165) is 6.92 Å². The lowest BCUT2D eigenvalue weighted by molar-refractivity contribution is -0.374. The maximum atomic E-state index is 13.1. The van der Waals surface area contributed by atoms with E-state index in [4.69, 9.17) is 61.5 Å². The summed E-state index contributed by atoms with van der Waals surface area (Å²) in [6, 6.07) is 0. The number of phosphoric acid groups is 1. The molecule has 4 rings (SSSR count). The Kier molecular flexibility index (Phi) is 20.5. The molecule has 0 spiro atoms. The van der Waals surface area contributed by atoms with E-state index in [9.17, 15) is 60.2 Å². The third kappa shape index (κ3) is 14.2. The molecular weight excluding hydrogens is 899 g/mol. The largest absolute Gasteiger partial charge is 0.756 e. The smallest absolute Gasteiger partial charge is 0.303 e. The van der Waals surface area contributed by atoms with Gasteiger partial charge in [0.25, 0.3) is 7.82 Å². The maximum absolute atomic E-state index is 13.1. The van der Waals surface area contributed by atoms with E-state index < -0.39 is 193 Å². The fourth-order valence-electron chi connectivity index (χ4n) is 8.07. The third-order valence-corrected chi connectivity index (χ3v) is 12.2. The zero-order valence-corrected chi connectivity index (χ0v) is 38.8. The number of rotatable bonds is 19. The van der Waals surface area contributed by atoms with Crippen LogP contribution >= 0.6 is 7.82 Å². The Bertz CT molecular complexity index is 1510. The Morgan fingerprint density at radius 1 is 0.692 bits per heavy atom. The van der Waals surface area contributed by atoms with Crippen LogP contribution in [0.2, 0.25) is 0 Å². The van der Waals surface area contributed by atoms with Gasteiger partial charge in [-0.25, -0.2) is 0 Å². The standard InChI is InChI=1S/C39H71O25P/c1-16-28(53-9)32(64-65(51,52)55-14-18(45)10-40)22(15-54-36-25(48)24(47)30(20(12-42)58-36)63-39(6,7)8)60-35(16)61-29-19(11-41)59-37(26(49)23(29)46)62-33-27(50)34(38(3,4)5)57-21(13-43)31(33)56-17(2)44/h16,18-37,40-43,45-50H,10-15H2,1-9H3,(H,51,52)/p-1/t16?,18?,19?,20?,21?,22?,23?,24?,25?,26?,27?,28-,29+,30-,31+,32-,33?,34-,35-,36-,37-/m1/s1. The molecule has 0 aromatic rings. The minimum atomic E-state index is -5.36. The van der Waals surface area contributed by atoms with Crippen LogP contribution in [-0.2, 0) is 65.8 Å². The van der Waals surface area contributed by atoms with Crippen LogP contribution in [-0.4, -0.2) is 232 Å². The molecule has 382 valence electrons. The van der Waals surface area contributed by atoms with Gasteiger partial charge in [-0.05, 0) is 26.2 Å². The summed E-state index contributed by atoms with van der Waals surface area (Å²) in [6.07, 6.45) is -30.9. The number of aliphatic hydroxyl groups is 10. The average molecular weight is 970 g/mol. The van der Waals surface area contributed by atoms with Crippen LogP contribution in [0, 0.1) is 11.3 Å². The fourth-order valence-corrected chi connectivity index (χ4v) is 9.04. The van der Waals surface area contributed by atoms with Crippen LogP contribution in [0.1, 0.15) is 55.4 Å². The number of carbonyl (C=O) groups excluding carboxylic acids is 1. The van der Waals surface area contributed by atoms with Gasteiger partial charge in [0, 0.05) is 20.0 Å². The first-order valence-electron chi connectivity index (χ1n) is 21.3. The summed E-state index contributed by atoms with van der Waals surface area (Å²) in [6.45, 7) is 8.16. The van der Waals surface area contributed by atoms with E-state index >= 15 is 0 Å². The summed E-state index contributed by atoms with van der Waals surface area (Å²) in [4.78, 5) is 25.2. The lowest BCUT2D eigenvalue weighted by atomic mass is 9.80. The van der Waals surface area contributed by atoms with Crippen LogP contribution < -0.4 is 4.89 Å². The van der Waals surface area contributed by atoms with Gasteiger partial charge in [0.1, 0.15) is 85.5 Å². The van der Waals surface area contributed by atoms with E-state index in [0.29, 0.717) is 0 Å². The Balaban J connectivity index is 1.60. The molecule has 65 heavy (non-hydrogen) atoms. The van der Waals surface area contributed by atoms with Crippen LogP contribution in [0.3, 0.4) is 0 Å². The van der Waals surface area contributed by atoms with Gasteiger partial charge in [-0.1, -0.05) is 27.7 Å². The minimum absolute atomic E-state index is 0.665. The summed E-state index contributed by atoms with van der Waals surface area (Å²) >= 11 is 0. The second-order valence-corrected chi connectivity index (χ2v) is 20.0. The number of carbonyl (C=O) groups is 1. The summed E-state index contributed by atoms with van der Waals surface area (Å²) in [5.74, 6) is -1.85. The van der Waals surface area contributed by atoms with Gasteiger partial charge < -0.3 is 112 Å². The highest BCUT2D eigenvalue weighted by Gasteiger charge is 2.56. The molecule has 0 saturated carbocycles. The molecule has 4 aliphatic heterocycles. The molecule has 4 aliphatic rings. The molecule has 0 bridgehead atoms. The number of esters is 1. The number of aliphatic hydroxyl groups excluding tert-OH is 10. The number of ether oxygens (including phenoxy) is 10. The van der Waals surface area contributed by atoms with Gasteiger partial charge >= 0.3 is 5.97 Å². The van der Waals surface area contributed by atoms with Crippen LogP contribution in [0.25, 0.3) is 0 Å². The van der Waals surface area contributed by atoms with Gasteiger partial charge in [0.15, 0.2) is 25.0 Å². The van der Waals surface area contributed by atoms with E-state index in [1.54, 1.807) is 41.5 Å². The quantitative estimate of drug-likeness (QED) is 0.0431. The lowest BCUT2D eigenvalue weighted by Gasteiger charge is -2.51. The van der Waals surface area contributed by atoms with E-state index in [-0.39, 0.29) is 0 Å². The normalized spacial score (nSPS) is 42.3. The van der Waals surface area contributed by atoms with Crippen molar-refractivity contribution < 1.29 is 122 Å². The summed E-state index contributed by atoms with van der Waals surface area (Å²) in [5, 5.41) is 106. The van der Waals surface area contributed by atoms with Crippen molar-refractivity contribution in [3.63, 3.8) is 0 Å². The zero-order chi connectivity index (χ0) is 48.9. The first-order valence-corrected chi connectivity index (χ1v) is 22.8. The first-order chi connectivity index (χ1) is 30.2. The number of hydrogen-bond donors (Lipinski definition) is 10. The molecule has 0 radical (unpaired) electrons. The van der Waals surface area contributed by atoms with E-state index in [1.165, 1.54) is 14.0 Å². The predicted octanol–water partition coefficient (Wildman–Crippen LogP) is -4.47. The molecule has 10 N–H and O–H groups in total. The first kappa shape index (κ1) is 56.4. The fraction of sp³-hybridized carbons (Fsp3) is 0.974. The monoisotopic (exact) mass is 969 g/mol. The zero-order valence-electron chi connectivity index (χ0n) is 37.9. The van der Waals surface area contributed by atoms with Crippen molar-refractivity contribution in [1.29, 1.82) is 0 Å². The second-order valence-electron chi connectivity index (χ2n) is 18.6. The number of hydrogen-bond acceptors (Lipinski definition) is 25. The molecule has 22 atom stereocenters. The van der Waals surface area contributed by atoms with Gasteiger partial charge in [0.05, 0.1) is 57.5 Å². The van der Waals surface area contributed by atoms with Crippen molar-refractivity contribution >= 4 is 13.8 Å². The highest BCUT2D eigenvalue weighted by Crippen LogP contribution is 2.46. The molecule has 26 heteroatoms. The average Bonchev–Trinajstić information content (AvgIpc) is 3.22. The Morgan fingerprint density at radius 2 is 1.22 bits per heavy atom. The molecule has 0 aromatic heterocycles. The van der Waals surface area contributed by atoms with Crippen molar-refractivity contribution in [2.45, 2.75) is 184 Å². The summed E-state index contributed by atoms with van der Waals surface area (Å²) in [5.41, 5.74) is -1.59. The summed E-state index contributed by atoms with van der Waals surface area (Å²) < 4.78 is 81.9. The van der Waals surface area contributed by atoms with Crippen LogP contribution in [0.5, 0.6) is 0 Å². The molecule has 13 unspecified atom stereocenters. The molecule has 0 aromatic carbocycles. The topological polar surface area (TPSA) is 370 Å². The number of methoxy groups -OCH3 is 1. The summed E-state index contributed by atoms with van der Waals surface area (Å²) in [7, 11) is -4.17. The Labute approximate surface area is 376 Å². The van der Waals surface area contributed by atoms with Crippen molar-refractivity contribution in [2.24, 2.45) is 11.3 Å². The van der Waals surface area contributed by atoms with Crippen LogP contribution in [0.15, 0.2) is 0 Å². The maximum Gasteiger partial charge on any atom is 0.303 e. The van der Waals surface area contributed by atoms with Gasteiger partial charge in [-0.2, -0.15) is 0 Å². The van der Waals surface area contributed by atoms with Crippen molar-refractivity contribution in [3.05, 3.63) is 0 Å². The molecule has 4 heterocycles. The molecular formula is C39H70O25P-. The highest BCUT2D eigenvalue weighted by molar-refractivity contribution is 7.45. The molecule has 0 aliphatic carbocycles. The minimum Gasteiger partial charge on any atom is -0.756 e. The molecule has 4 saturated heterocycles. The highest BCUT2D eigenvalue weighted by atomic mass is 31.2. The Hall–Kier alpha value is -1.18. The van der Waals surface area contributed by atoms with E-state index in [2.05, 4.69) is 0 Å². The van der Waals surface area contributed by atoms with Gasteiger partial charge in [0.2, 0.25) is 0 Å². The van der Waals surface area contributed by atoms with Crippen LogP contribution in [0.4, 0.5) is 0 Å². The van der Waals surface area contributed by atoms with Crippen molar-refractivity contribution in [2.75, 3.05) is 46.8 Å². The number of phosphoric ester groups is 1. The van der Waals surface area contributed by atoms with Crippen molar-refractivity contribution in [1.82, 2.24) is 0 Å². The predicted molar refractivity (Wildman–Crippen MR) is 213 cm³/mol. The molecule has 25 nitrogen and oxygen atoms in total. The van der Waals surface area contributed by atoms with Gasteiger partial charge in [-0.3, -0.25) is 9.36 Å². The lowest BCUT2D eigenvalue weighted by Crippen LogP contribution is -2.67. The van der Waals surface area contributed by atoms with Crippen molar-refractivity contribution in [3.8, 4) is 0 Å². The second kappa shape index (κ2) is 23.6.